The van der Waals surface area contributed by atoms with Gasteiger partial charge in [0.15, 0.2) is 0 Å². The fourth-order valence-electron chi connectivity index (χ4n) is 1.68. The summed E-state index contributed by atoms with van der Waals surface area (Å²) in [5.74, 6) is -0.919. The van der Waals surface area contributed by atoms with Gasteiger partial charge in [0.2, 0.25) is 5.91 Å². The van der Waals surface area contributed by atoms with E-state index >= 15 is 0 Å². The first-order valence-electron chi connectivity index (χ1n) is 6.26. The summed E-state index contributed by atoms with van der Waals surface area (Å²) in [6.07, 6.45) is 1.73. The Bertz CT molecular complexity index is 276. The first-order valence-corrected chi connectivity index (χ1v) is 6.26. The van der Waals surface area contributed by atoms with Crippen LogP contribution in [0.3, 0.4) is 0 Å². The largest absolute Gasteiger partial charge is 0.481 e. The molecule has 0 saturated heterocycles. The van der Waals surface area contributed by atoms with Crippen LogP contribution >= 0.6 is 0 Å². The Morgan fingerprint density at radius 1 is 1.29 bits per heavy atom. The van der Waals surface area contributed by atoms with Crippen LogP contribution in [-0.4, -0.2) is 22.5 Å². The molecule has 17 heavy (non-hydrogen) atoms. The fourth-order valence-corrected chi connectivity index (χ4v) is 1.68. The van der Waals surface area contributed by atoms with Gasteiger partial charge >= 0.3 is 5.97 Å². The third-order valence-corrected chi connectivity index (χ3v) is 3.37. The van der Waals surface area contributed by atoms with E-state index < -0.39 is 11.5 Å². The minimum atomic E-state index is -0.885. The molecular weight excluding hydrogens is 218 g/mol. The number of carboxylic acids is 1. The molecule has 0 aliphatic heterocycles. The van der Waals surface area contributed by atoms with Crippen LogP contribution in [0.25, 0.3) is 0 Å². The first kappa shape index (κ1) is 15.9. The second kappa shape index (κ2) is 6.62. The van der Waals surface area contributed by atoms with Crippen molar-refractivity contribution in [1.29, 1.82) is 0 Å². The van der Waals surface area contributed by atoms with Gasteiger partial charge in [-0.3, -0.25) is 9.59 Å². The molecule has 0 aliphatic carbocycles. The summed E-state index contributed by atoms with van der Waals surface area (Å²) in [6, 6.07) is 0. The fraction of sp³-hybridized carbons (Fsp3) is 0.846. The normalized spacial score (nSPS) is 16.4. The lowest BCUT2D eigenvalue weighted by Gasteiger charge is -2.34. The Labute approximate surface area is 104 Å². The number of nitrogens with one attached hydrogen (secondary N) is 1. The van der Waals surface area contributed by atoms with Crippen molar-refractivity contribution in [2.75, 3.05) is 0 Å². The maximum atomic E-state index is 11.9. The monoisotopic (exact) mass is 243 g/mol. The van der Waals surface area contributed by atoms with Gasteiger partial charge in [0.1, 0.15) is 0 Å². The molecule has 100 valence electrons. The van der Waals surface area contributed by atoms with Crippen molar-refractivity contribution in [2.45, 2.75) is 59.4 Å². The molecule has 0 rings (SSSR count). The number of aliphatic carboxylic acids is 1. The van der Waals surface area contributed by atoms with Crippen molar-refractivity contribution >= 4 is 11.9 Å². The highest BCUT2D eigenvalue weighted by Gasteiger charge is 2.33. The minimum Gasteiger partial charge on any atom is -0.481 e. The molecule has 2 atom stereocenters. The predicted octanol–water partition coefficient (Wildman–Crippen LogP) is 2.43. The Morgan fingerprint density at radius 2 is 1.82 bits per heavy atom. The molecule has 1 amide bonds. The van der Waals surface area contributed by atoms with Crippen molar-refractivity contribution in [3.05, 3.63) is 0 Å². The van der Waals surface area contributed by atoms with Crippen LogP contribution in [0.15, 0.2) is 0 Å². The van der Waals surface area contributed by atoms with E-state index in [1.807, 2.05) is 27.7 Å². The third kappa shape index (κ3) is 5.20. The molecule has 0 radical (unpaired) electrons. The summed E-state index contributed by atoms with van der Waals surface area (Å²) >= 11 is 0. The molecule has 0 aromatic rings. The van der Waals surface area contributed by atoms with Crippen LogP contribution in [-0.2, 0) is 9.59 Å². The quantitative estimate of drug-likeness (QED) is 0.721. The van der Waals surface area contributed by atoms with Gasteiger partial charge in [0.05, 0.1) is 6.42 Å². The van der Waals surface area contributed by atoms with Crippen LogP contribution in [0.1, 0.15) is 53.9 Å². The van der Waals surface area contributed by atoms with E-state index in [2.05, 4.69) is 5.32 Å². The van der Waals surface area contributed by atoms with E-state index in [-0.39, 0.29) is 24.2 Å². The number of hydrogen-bond acceptors (Lipinski definition) is 2. The summed E-state index contributed by atoms with van der Waals surface area (Å²) in [5.41, 5.74) is -0.676. The van der Waals surface area contributed by atoms with E-state index in [0.29, 0.717) is 0 Å². The Hall–Kier alpha value is -1.06. The van der Waals surface area contributed by atoms with E-state index in [1.54, 1.807) is 6.92 Å². The number of amides is 1. The molecule has 0 bridgehead atoms. The van der Waals surface area contributed by atoms with Crippen molar-refractivity contribution < 1.29 is 14.7 Å². The molecule has 2 N–H and O–H groups in total. The average Bonchev–Trinajstić information content (AvgIpc) is 2.16. The van der Waals surface area contributed by atoms with Gasteiger partial charge < -0.3 is 10.4 Å². The SMILES string of the molecule is CCCC(C)C(=O)NC(C)(CC(=O)O)C(C)C. The zero-order valence-electron chi connectivity index (χ0n) is 11.5. The summed E-state index contributed by atoms with van der Waals surface area (Å²) in [6.45, 7) is 9.55. The van der Waals surface area contributed by atoms with Gasteiger partial charge in [-0.25, -0.2) is 0 Å². The van der Waals surface area contributed by atoms with Crippen LogP contribution in [0.5, 0.6) is 0 Å². The first-order chi connectivity index (χ1) is 7.73. The Balaban J connectivity index is 4.65. The summed E-state index contributed by atoms with van der Waals surface area (Å²) < 4.78 is 0. The maximum absolute atomic E-state index is 11.9. The molecular formula is C13H25NO3. The molecule has 0 heterocycles. The predicted molar refractivity (Wildman–Crippen MR) is 67.7 cm³/mol. The Kier molecular flexibility index (Phi) is 6.21. The van der Waals surface area contributed by atoms with E-state index in [9.17, 15) is 9.59 Å². The smallest absolute Gasteiger partial charge is 0.305 e. The van der Waals surface area contributed by atoms with Crippen LogP contribution in [0, 0.1) is 11.8 Å². The van der Waals surface area contributed by atoms with Crippen LogP contribution in [0.2, 0.25) is 0 Å². The van der Waals surface area contributed by atoms with Crippen LogP contribution in [0.4, 0.5) is 0 Å². The lowest BCUT2D eigenvalue weighted by Crippen LogP contribution is -2.52. The second-order valence-corrected chi connectivity index (χ2v) is 5.32. The number of carbonyl (C=O) groups is 2. The molecule has 0 aliphatic rings. The van der Waals surface area contributed by atoms with Crippen molar-refractivity contribution in [3.8, 4) is 0 Å². The minimum absolute atomic E-state index is 0.0464. The van der Waals surface area contributed by atoms with Gasteiger partial charge in [-0.05, 0) is 19.3 Å². The second-order valence-electron chi connectivity index (χ2n) is 5.32. The van der Waals surface area contributed by atoms with Crippen LogP contribution < -0.4 is 5.32 Å². The summed E-state index contributed by atoms with van der Waals surface area (Å²) in [7, 11) is 0. The highest BCUT2D eigenvalue weighted by Crippen LogP contribution is 2.22. The lowest BCUT2D eigenvalue weighted by atomic mass is 9.84. The number of rotatable bonds is 7. The molecule has 4 heteroatoms. The maximum Gasteiger partial charge on any atom is 0.305 e. The van der Waals surface area contributed by atoms with E-state index in [1.165, 1.54) is 0 Å². The molecule has 0 fully saturated rings. The van der Waals surface area contributed by atoms with E-state index in [0.717, 1.165) is 12.8 Å². The highest BCUT2D eigenvalue weighted by molar-refractivity contribution is 5.80. The lowest BCUT2D eigenvalue weighted by molar-refractivity contribution is -0.139. The number of hydrogen-bond donors (Lipinski definition) is 2. The van der Waals surface area contributed by atoms with Crippen molar-refractivity contribution in [1.82, 2.24) is 5.32 Å². The summed E-state index contributed by atoms with van der Waals surface area (Å²) in [5, 5.41) is 11.8. The number of carboxylic acid groups (broad SMARTS) is 1. The molecule has 0 spiro atoms. The van der Waals surface area contributed by atoms with Gasteiger partial charge in [-0.2, -0.15) is 0 Å². The molecule has 2 unspecified atom stereocenters. The zero-order valence-corrected chi connectivity index (χ0v) is 11.5. The summed E-state index contributed by atoms with van der Waals surface area (Å²) in [4.78, 5) is 22.8. The molecule has 0 saturated carbocycles. The molecule has 0 aromatic carbocycles. The van der Waals surface area contributed by atoms with Gasteiger partial charge in [0, 0.05) is 11.5 Å². The average molecular weight is 243 g/mol. The topological polar surface area (TPSA) is 66.4 Å². The zero-order chi connectivity index (χ0) is 13.6. The van der Waals surface area contributed by atoms with Gasteiger partial charge in [-0.15, -0.1) is 0 Å². The van der Waals surface area contributed by atoms with Crippen molar-refractivity contribution in [3.63, 3.8) is 0 Å². The Morgan fingerprint density at radius 3 is 2.18 bits per heavy atom. The van der Waals surface area contributed by atoms with Crippen molar-refractivity contribution in [2.24, 2.45) is 11.8 Å². The third-order valence-electron chi connectivity index (χ3n) is 3.37. The molecule has 0 aromatic heterocycles. The standard InChI is InChI=1S/C13H25NO3/c1-6-7-10(4)12(17)14-13(5,9(2)3)8-11(15)16/h9-10H,6-8H2,1-5H3,(H,14,17)(H,15,16). The van der Waals surface area contributed by atoms with E-state index in [4.69, 9.17) is 5.11 Å². The van der Waals surface area contributed by atoms with Gasteiger partial charge in [0.25, 0.3) is 0 Å². The molecule has 4 nitrogen and oxygen atoms in total. The number of carbonyl (C=O) groups excluding carboxylic acids is 1. The van der Waals surface area contributed by atoms with Gasteiger partial charge in [-0.1, -0.05) is 34.1 Å². The highest BCUT2D eigenvalue weighted by atomic mass is 16.4.